The van der Waals surface area contributed by atoms with Gasteiger partial charge in [0.25, 0.3) is 0 Å². The van der Waals surface area contributed by atoms with Crippen molar-refractivity contribution < 1.29 is 9.53 Å². The highest BCUT2D eigenvalue weighted by atomic mass is 16.5. The lowest BCUT2D eigenvalue weighted by Gasteiger charge is -2.35. The van der Waals surface area contributed by atoms with Crippen LogP contribution in [0.15, 0.2) is 36.5 Å². The van der Waals surface area contributed by atoms with Crippen LogP contribution in [0, 0.1) is 0 Å². The Morgan fingerprint density at radius 2 is 2.00 bits per heavy atom. The van der Waals surface area contributed by atoms with Gasteiger partial charge in [-0.05, 0) is 32.3 Å². The first-order chi connectivity index (χ1) is 13.9. The van der Waals surface area contributed by atoms with Gasteiger partial charge in [-0.1, -0.05) is 30.3 Å². The van der Waals surface area contributed by atoms with Crippen LogP contribution in [0.1, 0.15) is 43.5 Å². The van der Waals surface area contributed by atoms with Gasteiger partial charge in [0.2, 0.25) is 5.95 Å². The molecule has 154 valence electrons. The minimum Gasteiger partial charge on any atom is -0.381 e. The molecule has 0 saturated carbocycles. The zero-order chi connectivity index (χ0) is 20.4. The average Bonchev–Trinajstić information content (AvgIpc) is 2.99. The van der Waals surface area contributed by atoms with Crippen LogP contribution in [-0.4, -0.2) is 52.1 Å². The second-order valence-electron chi connectivity index (χ2n) is 8.35. The van der Waals surface area contributed by atoms with E-state index in [0.29, 0.717) is 25.1 Å². The lowest BCUT2D eigenvalue weighted by atomic mass is 9.97. The smallest absolute Gasteiger partial charge is 0.321 e. The molecule has 2 aromatic rings. The lowest BCUT2D eigenvalue weighted by Crippen LogP contribution is -2.46. The summed E-state index contributed by atoms with van der Waals surface area (Å²) in [7, 11) is 1.85. The fraction of sp³-hybridized carbons (Fsp3) is 0.500. The maximum absolute atomic E-state index is 13.2. The van der Waals surface area contributed by atoms with Crippen LogP contribution in [0.4, 0.5) is 10.7 Å². The molecular formula is C22H29N5O2. The molecule has 2 aliphatic rings. The number of carbonyl (C=O) groups is 1. The van der Waals surface area contributed by atoms with Gasteiger partial charge in [0.05, 0.1) is 17.8 Å². The number of hydrogen-bond acceptors (Lipinski definition) is 5. The zero-order valence-electron chi connectivity index (χ0n) is 17.4. The summed E-state index contributed by atoms with van der Waals surface area (Å²) in [6.45, 7) is 6.72. The normalized spacial score (nSPS) is 18.4. The summed E-state index contributed by atoms with van der Waals surface area (Å²) in [5.41, 5.74) is 2.59. The van der Waals surface area contributed by atoms with E-state index in [9.17, 15) is 4.79 Å². The zero-order valence-corrected chi connectivity index (χ0v) is 17.4. The number of benzene rings is 1. The lowest BCUT2D eigenvalue weighted by molar-refractivity contribution is 0.0903. The van der Waals surface area contributed by atoms with Crippen molar-refractivity contribution in [2.24, 2.45) is 0 Å². The number of anilines is 1. The van der Waals surface area contributed by atoms with Crippen molar-refractivity contribution in [3.05, 3.63) is 53.3 Å². The molecule has 29 heavy (non-hydrogen) atoms. The van der Waals surface area contributed by atoms with Crippen molar-refractivity contribution in [1.82, 2.24) is 19.8 Å². The van der Waals surface area contributed by atoms with E-state index in [0.717, 1.165) is 42.9 Å². The highest BCUT2D eigenvalue weighted by Gasteiger charge is 2.42. The van der Waals surface area contributed by atoms with E-state index in [-0.39, 0.29) is 6.03 Å². The molecule has 0 unspecified atom stereocenters. The van der Waals surface area contributed by atoms with Crippen molar-refractivity contribution in [3.63, 3.8) is 0 Å². The third kappa shape index (κ3) is 4.05. The summed E-state index contributed by atoms with van der Waals surface area (Å²) in [4.78, 5) is 26.1. The van der Waals surface area contributed by atoms with Gasteiger partial charge in [0, 0.05) is 44.6 Å². The molecule has 1 aromatic carbocycles. The van der Waals surface area contributed by atoms with Crippen LogP contribution in [0.3, 0.4) is 0 Å². The third-order valence-corrected chi connectivity index (χ3v) is 5.88. The third-order valence-electron chi connectivity index (χ3n) is 5.88. The van der Waals surface area contributed by atoms with E-state index >= 15 is 0 Å². The standard InChI is InChI=1S/C22H29N5O2/c1-22(2)18-13-23-20(24-17-9-11-29-12-10-17)25-19(18)15-27(22)21(28)26(3)14-16-7-5-4-6-8-16/h4-8,13,17H,9-12,14-15H2,1-3H3,(H,23,24,25). The first kappa shape index (κ1) is 19.6. The fourth-order valence-electron chi connectivity index (χ4n) is 4.07. The highest BCUT2D eigenvalue weighted by molar-refractivity contribution is 5.76. The molecule has 0 radical (unpaired) electrons. The predicted octanol–water partition coefficient (Wildman–Crippen LogP) is 3.37. The van der Waals surface area contributed by atoms with Crippen LogP contribution in [0.5, 0.6) is 0 Å². The minimum atomic E-state index is -0.450. The van der Waals surface area contributed by atoms with Gasteiger partial charge in [-0.15, -0.1) is 0 Å². The second kappa shape index (κ2) is 7.99. The van der Waals surface area contributed by atoms with E-state index in [2.05, 4.69) is 24.1 Å². The predicted molar refractivity (Wildman–Crippen MR) is 111 cm³/mol. The van der Waals surface area contributed by atoms with Gasteiger partial charge < -0.3 is 19.9 Å². The molecule has 7 nitrogen and oxygen atoms in total. The van der Waals surface area contributed by atoms with Crippen LogP contribution >= 0.6 is 0 Å². The quantitative estimate of drug-likeness (QED) is 0.859. The fourth-order valence-corrected chi connectivity index (χ4v) is 4.07. The SMILES string of the molecule is CN(Cc1ccccc1)C(=O)N1Cc2nc(NC3CCOCC3)ncc2C1(C)C. The summed E-state index contributed by atoms with van der Waals surface area (Å²) >= 11 is 0. The van der Waals surface area contributed by atoms with Gasteiger partial charge in [-0.25, -0.2) is 14.8 Å². The number of nitrogens with zero attached hydrogens (tertiary/aromatic N) is 4. The topological polar surface area (TPSA) is 70.6 Å². The summed E-state index contributed by atoms with van der Waals surface area (Å²) in [6.07, 6.45) is 3.79. The van der Waals surface area contributed by atoms with Gasteiger partial charge in [0.15, 0.2) is 0 Å². The molecule has 0 spiro atoms. The minimum absolute atomic E-state index is 0.00390. The van der Waals surface area contributed by atoms with E-state index in [1.54, 1.807) is 4.90 Å². The Morgan fingerprint density at radius 1 is 1.28 bits per heavy atom. The Labute approximate surface area is 172 Å². The summed E-state index contributed by atoms with van der Waals surface area (Å²) in [6, 6.07) is 10.4. The highest BCUT2D eigenvalue weighted by Crippen LogP contribution is 2.38. The Kier molecular flexibility index (Phi) is 5.41. The van der Waals surface area contributed by atoms with Gasteiger partial charge in [0.1, 0.15) is 0 Å². The number of rotatable bonds is 4. The van der Waals surface area contributed by atoms with Gasteiger partial charge >= 0.3 is 6.03 Å². The van der Waals surface area contributed by atoms with Crippen molar-refractivity contribution in [2.75, 3.05) is 25.6 Å². The van der Waals surface area contributed by atoms with Crippen LogP contribution in [0.2, 0.25) is 0 Å². The van der Waals surface area contributed by atoms with E-state index in [1.807, 2.05) is 48.5 Å². The van der Waals surface area contributed by atoms with E-state index in [4.69, 9.17) is 9.72 Å². The molecule has 1 aromatic heterocycles. The molecule has 2 aliphatic heterocycles. The monoisotopic (exact) mass is 395 g/mol. The maximum atomic E-state index is 13.2. The summed E-state index contributed by atoms with van der Waals surface area (Å²) < 4.78 is 5.41. The largest absolute Gasteiger partial charge is 0.381 e. The van der Waals surface area contributed by atoms with Crippen LogP contribution in [-0.2, 0) is 23.4 Å². The number of fused-ring (bicyclic) bond motifs is 1. The Hall–Kier alpha value is -2.67. The Bertz CT molecular complexity index is 865. The molecule has 7 heteroatoms. The van der Waals surface area contributed by atoms with Crippen molar-refractivity contribution in [1.29, 1.82) is 0 Å². The molecule has 0 atom stereocenters. The van der Waals surface area contributed by atoms with E-state index < -0.39 is 5.54 Å². The Balaban J connectivity index is 1.48. The number of hydrogen-bond donors (Lipinski definition) is 1. The molecule has 1 saturated heterocycles. The number of ether oxygens (including phenoxy) is 1. The van der Waals surface area contributed by atoms with Crippen molar-refractivity contribution >= 4 is 12.0 Å². The summed E-state index contributed by atoms with van der Waals surface area (Å²) in [5.74, 6) is 0.637. The molecule has 3 heterocycles. The van der Waals surface area contributed by atoms with Crippen molar-refractivity contribution in [2.45, 2.75) is 51.4 Å². The molecule has 0 bridgehead atoms. The molecule has 4 rings (SSSR count). The number of amides is 2. The maximum Gasteiger partial charge on any atom is 0.321 e. The van der Waals surface area contributed by atoms with Gasteiger partial charge in [-0.2, -0.15) is 0 Å². The number of carbonyl (C=O) groups excluding carboxylic acids is 1. The van der Waals surface area contributed by atoms with Crippen LogP contribution in [0.25, 0.3) is 0 Å². The number of aromatic nitrogens is 2. The molecule has 1 N–H and O–H groups in total. The number of nitrogens with one attached hydrogen (secondary N) is 1. The summed E-state index contributed by atoms with van der Waals surface area (Å²) in [5, 5.41) is 3.42. The van der Waals surface area contributed by atoms with Gasteiger partial charge in [-0.3, -0.25) is 0 Å². The molecule has 0 aliphatic carbocycles. The first-order valence-electron chi connectivity index (χ1n) is 10.2. The molecule has 2 amide bonds. The van der Waals surface area contributed by atoms with Crippen molar-refractivity contribution in [3.8, 4) is 0 Å². The molecular weight excluding hydrogens is 366 g/mol. The Morgan fingerprint density at radius 3 is 2.72 bits per heavy atom. The first-order valence-corrected chi connectivity index (χ1v) is 10.2. The van der Waals surface area contributed by atoms with Crippen LogP contribution < -0.4 is 5.32 Å². The van der Waals surface area contributed by atoms with E-state index in [1.165, 1.54) is 0 Å². The molecule has 1 fully saturated rings. The number of urea groups is 1. The average molecular weight is 396 g/mol. The second-order valence-corrected chi connectivity index (χ2v) is 8.35.